The molecule has 0 saturated heterocycles. The van der Waals surface area contributed by atoms with Crippen molar-refractivity contribution < 1.29 is 5.11 Å². The Hall–Kier alpha value is -0.300. The van der Waals surface area contributed by atoms with Crippen molar-refractivity contribution in [1.29, 1.82) is 0 Å². The van der Waals surface area contributed by atoms with Gasteiger partial charge in [0.1, 0.15) is 0 Å². The molecular formula is C17H28O. The Bertz CT molecular complexity index is 368. The highest BCUT2D eigenvalue weighted by molar-refractivity contribution is 5.14. The second-order valence-corrected chi connectivity index (χ2v) is 7.84. The van der Waals surface area contributed by atoms with Crippen LogP contribution in [0.5, 0.6) is 0 Å². The SMILES string of the molecule is CC1=CCC(CO)(C2C3CCC(C3)C2(C)C)CC1. The summed E-state index contributed by atoms with van der Waals surface area (Å²) in [5.74, 6) is 2.56. The summed E-state index contributed by atoms with van der Waals surface area (Å²) >= 11 is 0. The summed E-state index contributed by atoms with van der Waals surface area (Å²) in [4.78, 5) is 0. The maximum Gasteiger partial charge on any atom is 0.0493 e. The molecule has 0 radical (unpaired) electrons. The Morgan fingerprint density at radius 2 is 2.11 bits per heavy atom. The van der Waals surface area contributed by atoms with Crippen molar-refractivity contribution in [1.82, 2.24) is 0 Å². The van der Waals surface area contributed by atoms with Gasteiger partial charge in [-0.05, 0) is 68.6 Å². The molecule has 4 unspecified atom stereocenters. The van der Waals surface area contributed by atoms with Gasteiger partial charge in [0.15, 0.2) is 0 Å². The van der Waals surface area contributed by atoms with Crippen LogP contribution in [0.1, 0.15) is 59.3 Å². The van der Waals surface area contributed by atoms with Crippen molar-refractivity contribution in [3.05, 3.63) is 11.6 Å². The van der Waals surface area contributed by atoms with Crippen molar-refractivity contribution in [2.75, 3.05) is 6.61 Å². The predicted molar refractivity (Wildman–Crippen MR) is 75.2 cm³/mol. The highest BCUT2D eigenvalue weighted by atomic mass is 16.3. The van der Waals surface area contributed by atoms with Crippen molar-refractivity contribution >= 4 is 0 Å². The Labute approximate surface area is 112 Å². The molecule has 102 valence electrons. The first-order valence-corrected chi connectivity index (χ1v) is 7.76. The van der Waals surface area contributed by atoms with Crippen LogP contribution in [0.25, 0.3) is 0 Å². The molecule has 0 aromatic carbocycles. The van der Waals surface area contributed by atoms with Gasteiger partial charge in [0.05, 0.1) is 0 Å². The van der Waals surface area contributed by atoms with E-state index in [2.05, 4.69) is 26.8 Å². The molecule has 0 spiro atoms. The van der Waals surface area contributed by atoms with Crippen LogP contribution in [0.4, 0.5) is 0 Å². The molecule has 4 atom stereocenters. The summed E-state index contributed by atoms with van der Waals surface area (Å²) in [7, 11) is 0. The van der Waals surface area contributed by atoms with E-state index in [-0.39, 0.29) is 5.41 Å². The van der Waals surface area contributed by atoms with Crippen LogP contribution >= 0.6 is 0 Å². The maximum atomic E-state index is 10.1. The first-order chi connectivity index (χ1) is 8.49. The fourth-order valence-corrected chi connectivity index (χ4v) is 5.70. The third-order valence-corrected chi connectivity index (χ3v) is 6.65. The third-order valence-electron chi connectivity index (χ3n) is 6.65. The van der Waals surface area contributed by atoms with Crippen molar-refractivity contribution in [2.24, 2.45) is 28.6 Å². The molecule has 3 aliphatic carbocycles. The van der Waals surface area contributed by atoms with Crippen molar-refractivity contribution in [3.63, 3.8) is 0 Å². The molecule has 1 nitrogen and oxygen atoms in total. The highest BCUT2D eigenvalue weighted by Crippen LogP contribution is 2.66. The van der Waals surface area contributed by atoms with E-state index < -0.39 is 0 Å². The van der Waals surface area contributed by atoms with E-state index in [4.69, 9.17) is 0 Å². The highest BCUT2D eigenvalue weighted by Gasteiger charge is 2.59. The first kappa shape index (κ1) is 12.7. The molecule has 0 aromatic rings. The van der Waals surface area contributed by atoms with Crippen molar-refractivity contribution in [3.8, 4) is 0 Å². The molecule has 2 fully saturated rings. The lowest BCUT2D eigenvalue weighted by Gasteiger charge is -2.51. The van der Waals surface area contributed by atoms with Gasteiger partial charge in [-0.3, -0.25) is 0 Å². The summed E-state index contributed by atoms with van der Waals surface area (Å²) < 4.78 is 0. The number of allylic oxidation sites excluding steroid dienone is 2. The van der Waals surface area contributed by atoms with E-state index in [1.165, 1.54) is 37.7 Å². The number of fused-ring (bicyclic) bond motifs is 2. The predicted octanol–water partition coefficient (Wildman–Crippen LogP) is 4.17. The molecule has 0 amide bonds. The summed E-state index contributed by atoms with van der Waals surface area (Å²) in [6.45, 7) is 7.59. The van der Waals surface area contributed by atoms with Gasteiger partial charge in [0, 0.05) is 12.0 Å². The number of rotatable bonds is 2. The lowest BCUT2D eigenvalue weighted by atomic mass is 9.54. The van der Waals surface area contributed by atoms with Crippen molar-refractivity contribution in [2.45, 2.75) is 59.3 Å². The molecule has 2 saturated carbocycles. The molecule has 1 N–H and O–H groups in total. The smallest absolute Gasteiger partial charge is 0.0493 e. The third kappa shape index (κ3) is 1.62. The van der Waals surface area contributed by atoms with Gasteiger partial charge in [-0.15, -0.1) is 0 Å². The van der Waals surface area contributed by atoms with Crippen LogP contribution in [-0.4, -0.2) is 11.7 Å². The molecule has 0 aliphatic heterocycles. The van der Waals surface area contributed by atoms with E-state index in [0.717, 1.165) is 24.2 Å². The van der Waals surface area contributed by atoms with Gasteiger partial charge in [-0.25, -0.2) is 0 Å². The van der Waals surface area contributed by atoms with Gasteiger partial charge in [-0.1, -0.05) is 25.5 Å². The average Bonchev–Trinajstić information content (AvgIpc) is 2.90. The van der Waals surface area contributed by atoms with Crippen LogP contribution in [0.3, 0.4) is 0 Å². The van der Waals surface area contributed by atoms with Crippen LogP contribution in [0.15, 0.2) is 11.6 Å². The maximum absolute atomic E-state index is 10.1. The molecule has 2 bridgehead atoms. The standard InChI is InChI=1S/C17H28O/c1-12-6-8-17(11-18,9-7-12)15-13-4-5-14(10-13)16(15,2)3/h6,13-15,18H,4-5,7-11H2,1-3H3. The monoisotopic (exact) mass is 248 g/mol. The van der Waals surface area contributed by atoms with E-state index in [0.29, 0.717) is 12.0 Å². The van der Waals surface area contributed by atoms with Gasteiger partial charge < -0.3 is 5.11 Å². The van der Waals surface area contributed by atoms with Gasteiger partial charge in [0.2, 0.25) is 0 Å². The summed E-state index contributed by atoms with van der Waals surface area (Å²) in [6.07, 6.45) is 10.2. The van der Waals surface area contributed by atoms with Crippen LogP contribution in [-0.2, 0) is 0 Å². The molecule has 3 rings (SSSR count). The number of aliphatic hydroxyl groups excluding tert-OH is 1. The number of hydrogen-bond acceptors (Lipinski definition) is 1. The van der Waals surface area contributed by atoms with Crippen LogP contribution in [0, 0.1) is 28.6 Å². The Kier molecular flexibility index (Phi) is 2.89. The Morgan fingerprint density at radius 3 is 2.61 bits per heavy atom. The van der Waals surface area contributed by atoms with Crippen LogP contribution < -0.4 is 0 Å². The minimum Gasteiger partial charge on any atom is -0.396 e. The fourth-order valence-electron chi connectivity index (χ4n) is 5.70. The second-order valence-electron chi connectivity index (χ2n) is 7.84. The zero-order valence-corrected chi connectivity index (χ0v) is 12.2. The summed E-state index contributed by atoms with van der Waals surface area (Å²) in [5, 5.41) is 10.1. The van der Waals surface area contributed by atoms with Gasteiger partial charge >= 0.3 is 0 Å². The number of hydrogen-bond donors (Lipinski definition) is 1. The molecular weight excluding hydrogens is 220 g/mol. The zero-order chi connectivity index (χ0) is 13.0. The lowest BCUT2D eigenvalue weighted by molar-refractivity contribution is -0.0451. The normalized spacial score (nSPS) is 46.2. The van der Waals surface area contributed by atoms with E-state index in [1.807, 2.05) is 0 Å². The molecule has 1 heteroatoms. The lowest BCUT2D eigenvalue weighted by Crippen LogP contribution is -2.46. The van der Waals surface area contributed by atoms with Gasteiger partial charge in [-0.2, -0.15) is 0 Å². The van der Waals surface area contributed by atoms with Gasteiger partial charge in [0.25, 0.3) is 0 Å². The average molecular weight is 248 g/mol. The number of aliphatic hydroxyl groups is 1. The fraction of sp³-hybridized carbons (Fsp3) is 0.882. The molecule has 3 aliphatic rings. The van der Waals surface area contributed by atoms with E-state index >= 15 is 0 Å². The quantitative estimate of drug-likeness (QED) is 0.727. The van der Waals surface area contributed by atoms with E-state index in [1.54, 1.807) is 0 Å². The largest absolute Gasteiger partial charge is 0.396 e. The molecule has 18 heavy (non-hydrogen) atoms. The second kappa shape index (κ2) is 4.10. The molecule has 0 heterocycles. The minimum absolute atomic E-state index is 0.197. The Morgan fingerprint density at radius 1 is 1.33 bits per heavy atom. The Balaban J connectivity index is 1.93. The van der Waals surface area contributed by atoms with Crippen LogP contribution in [0.2, 0.25) is 0 Å². The van der Waals surface area contributed by atoms with E-state index in [9.17, 15) is 5.11 Å². The zero-order valence-electron chi connectivity index (χ0n) is 12.2. The minimum atomic E-state index is 0.197. The molecule has 0 aromatic heterocycles. The summed E-state index contributed by atoms with van der Waals surface area (Å²) in [6, 6.07) is 0. The first-order valence-electron chi connectivity index (χ1n) is 7.76. The summed E-state index contributed by atoms with van der Waals surface area (Å²) in [5.41, 5.74) is 2.17. The topological polar surface area (TPSA) is 20.2 Å².